The van der Waals surface area contributed by atoms with E-state index in [4.69, 9.17) is 15.7 Å². The number of aromatic nitrogens is 5. The molecule has 3 aromatic heterocycles. The van der Waals surface area contributed by atoms with Gasteiger partial charge in [0.1, 0.15) is 23.2 Å². The molecule has 186 valence electrons. The van der Waals surface area contributed by atoms with Crippen LogP contribution in [-0.2, 0) is 0 Å². The minimum absolute atomic E-state index is 0.659. The van der Waals surface area contributed by atoms with Crippen LogP contribution in [0.25, 0.3) is 55.9 Å². The lowest BCUT2D eigenvalue weighted by Crippen LogP contribution is -2.19. The first-order chi connectivity index (χ1) is 18.7. The fourth-order valence-electron chi connectivity index (χ4n) is 5.30. The average Bonchev–Trinajstić information content (AvgIpc) is 3.77. The van der Waals surface area contributed by atoms with Crippen LogP contribution in [0.2, 0.25) is 0 Å². The minimum Gasteiger partial charge on any atom is -0.396 e. The molecule has 0 radical (unpaired) electrons. The highest BCUT2D eigenvalue weighted by Gasteiger charge is 2.17. The molecule has 5 heterocycles. The Morgan fingerprint density at radius 2 is 1.18 bits per heavy atom. The number of rotatable bonds is 4. The minimum atomic E-state index is 0.659. The highest BCUT2D eigenvalue weighted by atomic mass is 15.1. The molecule has 0 atom stereocenters. The number of nitrogen functional groups attached to an aromatic ring is 1. The van der Waals surface area contributed by atoms with Crippen LogP contribution in [0.5, 0.6) is 0 Å². The number of anilines is 1. The number of nitrogens with one attached hydrogen (secondary N) is 5. The SMILES string of the molecule is Nc1c(-c2nc3ccc(C4=NCCN4)cc3[nH]2)[nH]c2cc(-c3nc4ccc(C5=NCCN5)cc4[nH]3)ccc12. The topological polar surface area (TPSA) is 148 Å². The molecule has 10 nitrogen and oxygen atoms in total. The number of benzene rings is 3. The maximum atomic E-state index is 6.59. The second-order valence-electron chi connectivity index (χ2n) is 9.62. The number of hydrogen-bond acceptors (Lipinski definition) is 7. The summed E-state index contributed by atoms with van der Waals surface area (Å²) in [4.78, 5) is 29.0. The summed E-state index contributed by atoms with van der Waals surface area (Å²) in [7, 11) is 0. The van der Waals surface area contributed by atoms with Gasteiger partial charge in [0, 0.05) is 40.7 Å². The van der Waals surface area contributed by atoms with E-state index < -0.39 is 0 Å². The van der Waals surface area contributed by atoms with Crippen LogP contribution in [0.4, 0.5) is 5.69 Å². The highest BCUT2D eigenvalue weighted by molar-refractivity contribution is 6.04. The number of imidazole rings is 2. The van der Waals surface area contributed by atoms with E-state index >= 15 is 0 Å². The lowest BCUT2D eigenvalue weighted by Gasteiger charge is -2.01. The Morgan fingerprint density at radius 3 is 1.82 bits per heavy atom. The van der Waals surface area contributed by atoms with E-state index in [1.165, 1.54) is 0 Å². The van der Waals surface area contributed by atoms with Crippen molar-refractivity contribution in [3.8, 4) is 22.9 Å². The molecular weight excluding hydrogens is 476 g/mol. The van der Waals surface area contributed by atoms with Gasteiger partial charge < -0.3 is 31.3 Å². The number of nitrogens with two attached hydrogens (primary N) is 1. The summed E-state index contributed by atoms with van der Waals surface area (Å²) < 4.78 is 0. The van der Waals surface area contributed by atoms with Crippen molar-refractivity contribution >= 4 is 50.3 Å². The van der Waals surface area contributed by atoms with Crippen molar-refractivity contribution in [1.82, 2.24) is 35.6 Å². The first-order valence-electron chi connectivity index (χ1n) is 12.7. The molecule has 0 bridgehead atoms. The van der Waals surface area contributed by atoms with Crippen molar-refractivity contribution in [2.45, 2.75) is 0 Å². The second-order valence-corrected chi connectivity index (χ2v) is 9.62. The maximum absolute atomic E-state index is 6.59. The molecule has 7 N–H and O–H groups in total. The van der Waals surface area contributed by atoms with Gasteiger partial charge in [-0.3, -0.25) is 9.98 Å². The van der Waals surface area contributed by atoms with Crippen molar-refractivity contribution in [2.24, 2.45) is 9.98 Å². The van der Waals surface area contributed by atoms with Crippen molar-refractivity contribution < 1.29 is 0 Å². The largest absolute Gasteiger partial charge is 0.396 e. The first-order valence-corrected chi connectivity index (χ1v) is 12.7. The van der Waals surface area contributed by atoms with Gasteiger partial charge in [0.2, 0.25) is 0 Å². The van der Waals surface area contributed by atoms with Gasteiger partial charge in [0.25, 0.3) is 0 Å². The Bertz CT molecular complexity index is 1950. The molecule has 0 unspecified atom stereocenters. The van der Waals surface area contributed by atoms with Crippen LogP contribution in [0.15, 0.2) is 64.6 Å². The molecule has 0 saturated heterocycles. The number of aliphatic imine (C=N–C) groups is 2. The van der Waals surface area contributed by atoms with E-state index in [-0.39, 0.29) is 0 Å². The summed E-state index contributed by atoms with van der Waals surface area (Å²) >= 11 is 0. The smallest absolute Gasteiger partial charge is 0.157 e. The molecule has 0 fully saturated rings. The van der Waals surface area contributed by atoms with Crippen LogP contribution in [-0.4, -0.2) is 62.8 Å². The van der Waals surface area contributed by atoms with Crippen LogP contribution in [0.3, 0.4) is 0 Å². The molecule has 38 heavy (non-hydrogen) atoms. The Kier molecular flexibility index (Phi) is 4.39. The number of aromatic amines is 3. The number of H-pyrrole nitrogens is 3. The summed E-state index contributed by atoms with van der Waals surface area (Å²) in [6.45, 7) is 3.37. The fraction of sp³-hybridized carbons (Fsp3) is 0.143. The zero-order valence-electron chi connectivity index (χ0n) is 20.4. The molecule has 0 aliphatic carbocycles. The fourth-order valence-corrected chi connectivity index (χ4v) is 5.30. The first kappa shape index (κ1) is 21.0. The molecule has 0 amide bonds. The van der Waals surface area contributed by atoms with Crippen molar-refractivity contribution in [3.05, 3.63) is 65.7 Å². The van der Waals surface area contributed by atoms with E-state index in [1.807, 2.05) is 30.3 Å². The van der Waals surface area contributed by atoms with E-state index in [1.54, 1.807) is 0 Å². The van der Waals surface area contributed by atoms with Gasteiger partial charge in [-0.25, -0.2) is 9.97 Å². The monoisotopic (exact) mass is 500 g/mol. The van der Waals surface area contributed by atoms with E-state index in [0.29, 0.717) is 11.5 Å². The van der Waals surface area contributed by atoms with Crippen molar-refractivity contribution in [1.29, 1.82) is 0 Å². The summed E-state index contributed by atoms with van der Waals surface area (Å²) in [5, 5.41) is 7.59. The number of nitrogens with zero attached hydrogens (tertiary/aromatic N) is 4. The predicted octanol–water partition coefficient (Wildman–Crippen LogP) is 3.54. The normalized spacial score (nSPS) is 15.3. The summed E-state index contributed by atoms with van der Waals surface area (Å²) in [6, 6.07) is 18.4. The third-order valence-electron chi connectivity index (χ3n) is 7.21. The summed E-state index contributed by atoms with van der Waals surface area (Å²) in [6.07, 6.45) is 0. The quantitative estimate of drug-likeness (QED) is 0.219. The Hall–Kier alpha value is -5.12. The summed E-state index contributed by atoms with van der Waals surface area (Å²) in [5.41, 5.74) is 15.7. The van der Waals surface area contributed by atoms with Crippen LogP contribution in [0, 0.1) is 0 Å². The molecule has 10 heteroatoms. The van der Waals surface area contributed by atoms with Gasteiger partial charge >= 0.3 is 0 Å². The molecule has 2 aliphatic heterocycles. The van der Waals surface area contributed by atoms with Gasteiger partial charge in [-0.15, -0.1) is 0 Å². The van der Waals surface area contributed by atoms with E-state index in [0.717, 1.165) is 99.0 Å². The van der Waals surface area contributed by atoms with Crippen LogP contribution < -0.4 is 16.4 Å². The van der Waals surface area contributed by atoms with Gasteiger partial charge in [-0.2, -0.15) is 0 Å². The third-order valence-corrected chi connectivity index (χ3v) is 7.21. The third kappa shape index (κ3) is 3.27. The van der Waals surface area contributed by atoms with Crippen LogP contribution in [0.1, 0.15) is 11.1 Å². The van der Waals surface area contributed by atoms with E-state index in [2.05, 4.69) is 59.8 Å². The Morgan fingerprint density at radius 1 is 0.605 bits per heavy atom. The molecule has 2 aliphatic rings. The standard InChI is InChI=1S/C28H24N10/c29-23-17-4-1-16(27-35-18-5-2-14(12-21(18)37-27)25-30-7-8-31-25)11-20(17)34-24(23)28-36-19-6-3-15(13-22(19)38-28)26-32-9-10-33-26/h1-6,11-13,34H,7-10,29H2,(H,30,31)(H,32,33)(H,35,37)(H,36,38). The molecule has 0 saturated carbocycles. The zero-order chi connectivity index (χ0) is 25.2. The molecule has 6 aromatic rings. The molecule has 8 rings (SSSR count). The molecule has 0 spiro atoms. The number of hydrogen-bond donors (Lipinski definition) is 6. The maximum Gasteiger partial charge on any atom is 0.157 e. The number of amidine groups is 2. The zero-order valence-corrected chi connectivity index (χ0v) is 20.4. The second kappa shape index (κ2) is 7.94. The van der Waals surface area contributed by atoms with E-state index in [9.17, 15) is 0 Å². The van der Waals surface area contributed by atoms with Gasteiger partial charge in [0.15, 0.2) is 5.82 Å². The highest BCUT2D eigenvalue weighted by Crippen LogP contribution is 2.34. The Balaban J connectivity index is 1.16. The average molecular weight is 501 g/mol. The van der Waals surface area contributed by atoms with Crippen molar-refractivity contribution in [2.75, 3.05) is 31.9 Å². The predicted molar refractivity (Wildman–Crippen MR) is 152 cm³/mol. The van der Waals surface area contributed by atoms with Gasteiger partial charge in [-0.1, -0.05) is 12.1 Å². The summed E-state index contributed by atoms with van der Waals surface area (Å²) in [5.74, 6) is 3.36. The lowest BCUT2D eigenvalue weighted by atomic mass is 10.1. The molecular formula is C28H24N10. The van der Waals surface area contributed by atoms with Crippen LogP contribution >= 0.6 is 0 Å². The Labute approximate surface area is 216 Å². The van der Waals surface area contributed by atoms with Gasteiger partial charge in [0.05, 0.1) is 40.8 Å². The lowest BCUT2D eigenvalue weighted by molar-refractivity contribution is 0.960. The van der Waals surface area contributed by atoms with Gasteiger partial charge in [-0.05, 0) is 42.5 Å². The van der Waals surface area contributed by atoms with Crippen molar-refractivity contribution in [3.63, 3.8) is 0 Å². The number of fused-ring (bicyclic) bond motifs is 3. The molecule has 3 aromatic carbocycles.